The van der Waals surface area contributed by atoms with E-state index >= 15 is 0 Å². The van der Waals surface area contributed by atoms with E-state index in [4.69, 9.17) is 11.6 Å². The van der Waals surface area contributed by atoms with Crippen molar-refractivity contribution >= 4 is 39.0 Å². The predicted octanol–water partition coefficient (Wildman–Crippen LogP) is 3.42. The molecule has 138 valence electrons. The van der Waals surface area contributed by atoms with Crippen molar-refractivity contribution in [1.82, 2.24) is 9.97 Å². The molecule has 0 aliphatic heterocycles. The van der Waals surface area contributed by atoms with Crippen LogP contribution in [-0.2, 0) is 10.0 Å². The van der Waals surface area contributed by atoms with Crippen LogP contribution in [0.15, 0.2) is 60.9 Å². The maximum atomic E-state index is 12.4. The van der Waals surface area contributed by atoms with Crippen LogP contribution in [0.4, 0.5) is 11.5 Å². The van der Waals surface area contributed by atoms with Crippen LogP contribution < -0.4 is 10.0 Å². The Balaban J connectivity index is 1.78. The minimum atomic E-state index is -3.43. The molecular weight excluding hydrogens is 388 g/mol. The Bertz CT molecular complexity index is 1070. The smallest absolute Gasteiger partial charge is 0.257 e. The molecule has 2 aromatic heterocycles. The molecule has 1 amide bonds. The molecule has 9 heteroatoms. The molecule has 3 aromatic rings. The highest BCUT2D eigenvalue weighted by molar-refractivity contribution is 7.92. The topological polar surface area (TPSA) is 101 Å². The van der Waals surface area contributed by atoms with Gasteiger partial charge in [0.25, 0.3) is 5.91 Å². The fraction of sp³-hybridized carbons (Fsp3) is 0.0556. The zero-order valence-electron chi connectivity index (χ0n) is 14.2. The third kappa shape index (κ3) is 5.02. The van der Waals surface area contributed by atoms with Crippen molar-refractivity contribution in [2.75, 3.05) is 16.3 Å². The zero-order chi connectivity index (χ0) is 19.4. The van der Waals surface area contributed by atoms with Crippen molar-refractivity contribution in [2.45, 2.75) is 0 Å². The van der Waals surface area contributed by atoms with E-state index < -0.39 is 10.0 Å². The molecule has 0 spiro atoms. The van der Waals surface area contributed by atoms with Gasteiger partial charge in [0.2, 0.25) is 10.0 Å². The van der Waals surface area contributed by atoms with Gasteiger partial charge in [-0.15, -0.1) is 0 Å². The number of aromatic nitrogens is 2. The molecule has 0 saturated carbocycles. The molecule has 0 atom stereocenters. The van der Waals surface area contributed by atoms with Gasteiger partial charge in [-0.25, -0.2) is 13.4 Å². The standard InChI is InChI=1S/C18H15ClN4O3S/c1-27(25,26)23-17-8-5-12(11-21-17)18(24)22-13-6-7-15(19)14(10-13)16-4-2-3-9-20-16/h2-11H,1H3,(H,21,23)(H,22,24). The number of nitrogens with one attached hydrogen (secondary N) is 2. The lowest BCUT2D eigenvalue weighted by Gasteiger charge is -2.09. The second-order valence-electron chi connectivity index (χ2n) is 5.67. The van der Waals surface area contributed by atoms with Gasteiger partial charge in [-0.3, -0.25) is 14.5 Å². The van der Waals surface area contributed by atoms with Crippen LogP contribution in [0.2, 0.25) is 5.02 Å². The average molecular weight is 403 g/mol. The van der Waals surface area contributed by atoms with Gasteiger partial charge in [0.05, 0.1) is 22.5 Å². The van der Waals surface area contributed by atoms with Crippen LogP contribution in [0.25, 0.3) is 11.3 Å². The SMILES string of the molecule is CS(=O)(=O)Nc1ccc(C(=O)Nc2ccc(Cl)c(-c3ccccn3)c2)cn1. The van der Waals surface area contributed by atoms with Gasteiger partial charge in [0.15, 0.2) is 0 Å². The van der Waals surface area contributed by atoms with Gasteiger partial charge in [0, 0.05) is 23.6 Å². The Morgan fingerprint density at radius 3 is 2.52 bits per heavy atom. The second-order valence-corrected chi connectivity index (χ2v) is 7.83. The third-order valence-electron chi connectivity index (χ3n) is 3.48. The highest BCUT2D eigenvalue weighted by Gasteiger charge is 2.11. The van der Waals surface area contributed by atoms with Gasteiger partial charge >= 0.3 is 0 Å². The number of amides is 1. The molecule has 7 nitrogen and oxygen atoms in total. The van der Waals surface area contributed by atoms with Crippen LogP contribution in [0, 0.1) is 0 Å². The maximum absolute atomic E-state index is 12.4. The molecule has 1 aromatic carbocycles. The first-order valence-corrected chi connectivity index (χ1v) is 10.0. The lowest BCUT2D eigenvalue weighted by molar-refractivity contribution is 0.102. The minimum absolute atomic E-state index is 0.137. The fourth-order valence-corrected chi connectivity index (χ4v) is 3.02. The van der Waals surface area contributed by atoms with Gasteiger partial charge in [-0.05, 0) is 42.5 Å². The lowest BCUT2D eigenvalue weighted by atomic mass is 10.1. The first kappa shape index (κ1) is 18.8. The number of anilines is 2. The van der Waals surface area contributed by atoms with E-state index in [1.807, 2.05) is 12.1 Å². The molecule has 0 unspecified atom stereocenters. The predicted molar refractivity (Wildman–Crippen MR) is 105 cm³/mol. The number of hydrogen-bond donors (Lipinski definition) is 2. The molecule has 2 N–H and O–H groups in total. The zero-order valence-corrected chi connectivity index (χ0v) is 15.8. The van der Waals surface area contributed by atoms with E-state index in [9.17, 15) is 13.2 Å². The summed E-state index contributed by atoms with van der Waals surface area (Å²) in [5.41, 5.74) is 2.21. The summed E-state index contributed by atoms with van der Waals surface area (Å²) < 4.78 is 24.6. The fourth-order valence-electron chi connectivity index (χ4n) is 2.30. The maximum Gasteiger partial charge on any atom is 0.257 e. The van der Waals surface area contributed by atoms with Crippen LogP contribution >= 0.6 is 11.6 Å². The van der Waals surface area contributed by atoms with E-state index in [0.717, 1.165) is 6.26 Å². The summed E-state index contributed by atoms with van der Waals surface area (Å²) in [6.45, 7) is 0. The molecule has 0 bridgehead atoms. The van der Waals surface area contributed by atoms with Crippen molar-refractivity contribution in [1.29, 1.82) is 0 Å². The van der Waals surface area contributed by atoms with E-state index in [0.29, 0.717) is 22.0 Å². The van der Waals surface area contributed by atoms with Gasteiger partial charge in [-0.1, -0.05) is 17.7 Å². The molecule has 0 aliphatic rings. The second kappa shape index (κ2) is 7.73. The summed E-state index contributed by atoms with van der Waals surface area (Å²) in [4.78, 5) is 20.6. The average Bonchev–Trinajstić information content (AvgIpc) is 2.63. The molecule has 3 rings (SSSR count). The summed E-state index contributed by atoms with van der Waals surface area (Å²) in [5, 5.41) is 3.28. The van der Waals surface area contributed by atoms with Gasteiger partial charge in [-0.2, -0.15) is 0 Å². The van der Waals surface area contributed by atoms with Crippen molar-refractivity contribution in [3.63, 3.8) is 0 Å². The molecule has 2 heterocycles. The number of halogens is 1. The van der Waals surface area contributed by atoms with Crippen LogP contribution in [-0.4, -0.2) is 30.5 Å². The Labute approximate surface area is 161 Å². The highest BCUT2D eigenvalue weighted by Crippen LogP contribution is 2.29. The summed E-state index contributed by atoms with van der Waals surface area (Å²) in [5.74, 6) is -0.249. The third-order valence-corrected chi connectivity index (χ3v) is 4.39. The Hall–Kier alpha value is -2.97. The number of pyridine rings is 2. The minimum Gasteiger partial charge on any atom is -0.322 e. The normalized spacial score (nSPS) is 11.0. The monoisotopic (exact) mass is 402 g/mol. The number of hydrogen-bond acceptors (Lipinski definition) is 5. The first-order valence-electron chi connectivity index (χ1n) is 7.78. The summed E-state index contributed by atoms with van der Waals surface area (Å²) >= 11 is 6.24. The van der Waals surface area contributed by atoms with Crippen molar-refractivity contribution in [3.05, 3.63) is 71.5 Å². The van der Waals surface area contributed by atoms with Crippen LogP contribution in [0.1, 0.15) is 10.4 Å². The number of benzene rings is 1. The molecule has 0 aliphatic carbocycles. The summed E-state index contributed by atoms with van der Waals surface area (Å²) in [7, 11) is -3.43. The van der Waals surface area contributed by atoms with E-state index in [1.54, 1.807) is 30.5 Å². The van der Waals surface area contributed by atoms with Crippen LogP contribution in [0.5, 0.6) is 0 Å². The summed E-state index contributed by atoms with van der Waals surface area (Å²) in [6.07, 6.45) is 3.97. The van der Waals surface area contributed by atoms with Gasteiger partial charge < -0.3 is 5.32 Å². The van der Waals surface area contributed by atoms with Gasteiger partial charge in [0.1, 0.15) is 5.82 Å². The molecular formula is C18H15ClN4O3S. The first-order chi connectivity index (χ1) is 12.8. The largest absolute Gasteiger partial charge is 0.322 e. The Morgan fingerprint density at radius 2 is 1.89 bits per heavy atom. The molecule has 0 fully saturated rings. The number of nitrogens with zero attached hydrogens (tertiary/aromatic N) is 2. The van der Waals surface area contributed by atoms with E-state index in [-0.39, 0.29) is 17.3 Å². The lowest BCUT2D eigenvalue weighted by Crippen LogP contribution is -2.14. The molecule has 0 radical (unpaired) electrons. The van der Waals surface area contributed by atoms with E-state index in [1.165, 1.54) is 18.3 Å². The summed E-state index contributed by atoms with van der Waals surface area (Å²) in [6, 6.07) is 13.5. The number of rotatable bonds is 5. The highest BCUT2D eigenvalue weighted by atomic mass is 35.5. The number of carbonyl (C=O) groups is 1. The van der Waals surface area contributed by atoms with E-state index in [2.05, 4.69) is 20.0 Å². The molecule has 27 heavy (non-hydrogen) atoms. The Morgan fingerprint density at radius 1 is 1.07 bits per heavy atom. The molecule has 0 saturated heterocycles. The van der Waals surface area contributed by atoms with Crippen molar-refractivity contribution in [2.24, 2.45) is 0 Å². The Kier molecular flexibility index (Phi) is 5.38. The number of sulfonamides is 1. The van der Waals surface area contributed by atoms with Crippen molar-refractivity contribution < 1.29 is 13.2 Å². The van der Waals surface area contributed by atoms with Crippen molar-refractivity contribution in [3.8, 4) is 11.3 Å². The quantitative estimate of drug-likeness (QED) is 0.680. The number of carbonyl (C=O) groups excluding carboxylic acids is 1. The van der Waals surface area contributed by atoms with Crippen LogP contribution in [0.3, 0.4) is 0 Å².